The van der Waals surface area contributed by atoms with Crippen molar-refractivity contribution in [2.75, 3.05) is 38.2 Å². The first-order valence-corrected chi connectivity index (χ1v) is 8.55. The van der Waals surface area contributed by atoms with E-state index in [0.717, 1.165) is 50.8 Å². The molecule has 1 aliphatic heterocycles. The van der Waals surface area contributed by atoms with E-state index in [4.69, 9.17) is 16.3 Å². The summed E-state index contributed by atoms with van der Waals surface area (Å²) in [6, 6.07) is 16.8. The number of nitrogens with zero attached hydrogens (tertiary/aromatic N) is 1. The monoisotopic (exact) mass is 330 g/mol. The summed E-state index contributed by atoms with van der Waals surface area (Å²) < 4.78 is 5.38. The Morgan fingerprint density at radius 2 is 1.57 bits per heavy atom. The maximum Gasteiger partial charge on any atom is 0.0594 e. The highest BCUT2D eigenvalue weighted by Crippen LogP contribution is 2.13. The average Bonchev–Trinajstić information content (AvgIpc) is 2.59. The summed E-state index contributed by atoms with van der Waals surface area (Å²) in [7, 11) is 0. The molecule has 4 heteroatoms. The maximum atomic E-state index is 5.90. The first-order chi connectivity index (χ1) is 11.3. The van der Waals surface area contributed by atoms with Crippen molar-refractivity contribution < 1.29 is 4.74 Å². The Bertz CT molecular complexity index is 592. The van der Waals surface area contributed by atoms with Gasteiger partial charge in [0.15, 0.2) is 0 Å². The SMILES string of the molecule is Clc1ccc(CCNc2ccc(CN3CCOCC3)cc2)cc1. The predicted molar refractivity (Wildman–Crippen MR) is 96.2 cm³/mol. The molecule has 1 fully saturated rings. The Labute approximate surface area is 143 Å². The van der Waals surface area contributed by atoms with E-state index >= 15 is 0 Å². The molecule has 122 valence electrons. The number of morpholine rings is 1. The molecule has 23 heavy (non-hydrogen) atoms. The van der Waals surface area contributed by atoms with Gasteiger partial charge < -0.3 is 10.1 Å². The molecule has 1 aliphatic rings. The predicted octanol–water partition coefficient (Wildman–Crippen LogP) is 3.83. The van der Waals surface area contributed by atoms with Crippen LogP contribution in [0.2, 0.25) is 5.02 Å². The van der Waals surface area contributed by atoms with Gasteiger partial charge in [-0.3, -0.25) is 4.90 Å². The lowest BCUT2D eigenvalue weighted by Gasteiger charge is -2.26. The van der Waals surface area contributed by atoms with Gasteiger partial charge in [0.05, 0.1) is 13.2 Å². The Hall–Kier alpha value is -1.55. The van der Waals surface area contributed by atoms with Crippen LogP contribution in [0, 0.1) is 0 Å². The molecule has 1 saturated heterocycles. The highest BCUT2D eigenvalue weighted by molar-refractivity contribution is 6.30. The minimum absolute atomic E-state index is 0.789. The van der Waals surface area contributed by atoms with E-state index in [1.54, 1.807) is 0 Å². The molecule has 3 nitrogen and oxygen atoms in total. The number of rotatable bonds is 6. The van der Waals surface area contributed by atoms with E-state index in [1.807, 2.05) is 12.1 Å². The first-order valence-electron chi connectivity index (χ1n) is 8.17. The zero-order chi connectivity index (χ0) is 15.9. The van der Waals surface area contributed by atoms with E-state index in [9.17, 15) is 0 Å². The van der Waals surface area contributed by atoms with Crippen LogP contribution < -0.4 is 5.32 Å². The van der Waals surface area contributed by atoms with E-state index in [2.05, 4.69) is 46.6 Å². The zero-order valence-corrected chi connectivity index (χ0v) is 14.1. The molecular formula is C19H23ClN2O. The largest absolute Gasteiger partial charge is 0.385 e. The van der Waals surface area contributed by atoms with Crippen LogP contribution in [-0.2, 0) is 17.7 Å². The van der Waals surface area contributed by atoms with Crippen LogP contribution in [0.5, 0.6) is 0 Å². The maximum absolute atomic E-state index is 5.90. The lowest BCUT2D eigenvalue weighted by molar-refractivity contribution is 0.0342. The lowest BCUT2D eigenvalue weighted by atomic mass is 10.1. The highest BCUT2D eigenvalue weighted by Gasteiger charge is 2.10. The van der Waals surface area contributed by atoms with Gasteiger partial charge in [-0.2, -0.15) is 0 Å². The van der Waals surface area contributed by atoms with Gasteiger partial charge in [0, 0.05) is 36.9 Å². The van der Waals surface area contributed by atoms with Crippen LogP contribution in [0.1, 0.15) is 11.1 Å². The number of anilines is 1. The smallest absolute Gasteiger partial charge is 0.0594 e. The summed E-state index contributed by atoms with van der Waals surface area (Å²) >= 11 is 5.90. The normalized spacial score (nSPS) is 15.5. The number of hydrogen-bond acceptors (Lipinski definition) is 3. The molecule has 0 atom stereocenters. The van der Waals surface area contributed by atoms with Gasteiger partial charge >= 0.3 is 0 Å². The number of ether oxygens (including phenoxy) is 1. The fourth-order valence-corrected chi connectivity index (χ4v) is 2.87. The van der Waals surface area contributed by atoms with Crippen molar-refractivity contribution in [3.63, 3.8) is 0 Å². The number of benzene rings is 2. The molecule has 0 spiro atoms. The minimum atomic E-state index is 0.789. The van der Waals surface area contributed by atoms with Crippen molar-refractivity contribution in [1.29, 1.82) is 0 Å². The highest BCUT2D eigenvalue weighted by atomic mass is 35.5. The van der Waals surface area contributed by atoms with Gasteiger partial charge in [-0.05, 0) is 41.8 Å². The zero-order valence-electron chi connectivity index (χ0n) is 13.3. The number of hydrogen-bond donors (Lipinski definition) is 1. The van der Waals surface area contributed by atoms with Crippen LogP contribution in [0.3, 0.4) is 0 Å². The van der Waals surface area contributed by atoms with Gasteiger partial charge in [0.2, 0.25) is 0 Å². The Morgan fingerprint density at radius 3 is 2.26 bits per heavy atom. The van der Waals surface area contributed by atoms with Gasteiger partial charge in [-0.15, -0.1) is 0 Å². The second-order valence-corrected chi connectivity index (χ2v) is 6.33. The van der Waals surface area contributed by atoms with Crippen molar-refractivity contribution in [3.05, 3.63) is 64.7 Å². The summed E-state index contributed by atoms with van der Waals surface area (Å²) in [6.45, 7) is 5.69. The molecule has 3 rings (SSSR count). The molecule has 2 aromatic rings. The first kappa shape index (κ1) is 16.3. The van der Waals surface area contributed by atoms with Crippen LogP contribution in [-0.4, -0.2) is 37.7 Å². The van der Waals surface area contributed by atoms with Crippen LogP contribution in [0.15, 0.2) is 48.5 Å². The van der Waals surface area contributed by atoms with Crippen molar-refractivity contribution in [2.24, 2.45) is 0 Å². The van der Waals surface area contributed by atoms with E-state index in [1.165, 1.54) is 16.8 Å². The van der Waals surface area contributed by atoms with E-state index in [-0.39, 0.29) is 0 Å². The minimum Gasteiger partial charge on any atom is -0.385 e. The Balaban J connectivity index is 1.44. The molecule has 0 unspecified atom stereocenters. The summed E-state index contributed by atoms with van der Waals surface area (Å²) in [5.41, 5.74) is 3.82. The Kier molecular flexibility index (Phi) is 5.92. The summed E-state index contributed by atoms with van der Waals surface area (Å²) in [6.07, 6.45) is 0.993. The lowest BCUT2D eigenvalue weighted by Crippen LogP contribution is -2.35. The molecule has 0 saturated carbocycles. The van der Waals surface area contributed by atoms with Crippen molar-refractivity contribution >= 4 is 17.3 Å². The molecule has 2 aromatic carbocycles. The fraction of sp³-hybridized carbons (Fsp3) is 0.368. The summed E-state index contributed by atoms with van der Waals surface area (Å²) in [5.74, 6) is 0. The molecular weight excluding hydrogens is 308 g/mol. The molecule has 0 radical (unpaired) electrons. The average molecular weight is 331 g/mol. The van der Waals surface area contributed by atoms with Gasteiger partial charge in [0.1, 0.15) is 0 Å². The van der Waals surface area contributed by atoms with Gasteiger partial charge in [-0.1, -0.05) is 35.9 Å². The van der Waals surface area contributed by atoms with E-state index < -0.39 is 0 Å². The third kappa shape index (κ3) is 5.24. The molecule has 0 aliphatic carbocycles. The second kappa shape index (κ2) is 8.34. The molecule has 0 aromatic heterocycles. The Morgan fingerprint density at radius 1 is 0.913 bits per heavy atom. The quantitative estimate of drug-likeness (QED) is 0.871. The van der Waals surface area contributed by atoms with Crippen molar-refractivity contribution in [2.45, 2.75) is 13.0 Å². The van der Waals surface area contributed by atoms with Crippen molar-refractivity contribution in [3.8, 4) is 0 Å². The fourth-order valence-electron chi connectivity index (χ4n) is 2.75. The molecule has 0 amide bonds. The van der Waals surface area contributed by atoms with Crippen LogP contribution >= 0.6 is 11.6 Å². The second-order valence-electron chi connectivity index (χ2n) is 5.89. The number of nitrogens with one attached hydrogen (secondary N) is 1. The number of halogens is 1. The third-order valence-electron chi connectivity index (χ3n) is 4.12. The topological polar surface area (TPSA) is 24.5 Å². The van der Waals surface area contributed by atoms with E-state index in [0.29, 0.717) is 0 Å². The molecule has 1 heterocycles. The third-order valence-corrected chi connectivity index (χ3v) is 4.37. The van der Waals surface area contributed by atoms with Crippen molar-refractivity contribution in [1.82, 2.24) is 4.90 Å². The van der Waals surface area contributed by atoms with Gasteiger partial charge in [-0.25, -0.2) is 0 Å². The summed E-state index contributed by atoms with van der Waals surface area (Å²) in [5, 5.41) is 4.26. The molecule has 0 bridgehead atoms. The standard InChI is InChI=1S/C19H23ClN2O/c20-18-5-1-16(2-6-18)9-10-21-19-7-3-17(4-8-19)15-22-11-13-23-14-12-22/h1-8,21H,9-15H2. The summed E-state index contributed by atoms with van der Waals surface area (Å²) in [4.78, 5) is 2.44. The van der Waals surface area contributed by atoms with Gasteiger partial charge in [0.25, 0.3) is 0 Å². The molecule has 1 N–H and O–H groups in total. The van der Waals surface area contributed by atoms with Crippen LogP contribution in [0.4, 0.5) is 5.69 Å². The van der Waals surface area contributed by atoms with Crippen LogP contribution in [0.25, 0.3) is 0 Å².